The molecule has 1 aromatic heterocycles. The topological polar surface area (TPSA) is 8.81 Å². The first-order chi connectivity index (χ1) is 10.8. The SMILES string of the molecule is C[n+]1ccn(-c2ccc3ccc4cccc5ccc2c3c45)c1. The van der Waals surface area contributed by atoms with Crippen LogP contribution in [0.15, 0.2) is 73.3 Å². The maximum absolute atomic E-state index is 2.25. The van der Waals surface area contributed by atoms with E-state index in [1.54, 1.807) is 0 Å². The lowest BCUT2D eigenvalue weighted by Crippen LogP contribution is -2.23. The number of nitrogens with zero attached hydrogens (tertiary/aromatic N) is 2. The highest BCUT2D eigenvalue weighted by molar-refractivity contribution is 6.24. The van der Waals surface area contributed by atoms with Gasteiger partial charge < -0.3 is 0 Å². The van der Waals surface area contributed by atoms with Crippen LogP contribution in [0.2, 0.25) is 0 Å². The summed E-state index contributed by atoms with van der Waals surface area (Å²) < 4.78 is 4.25. The van der Waals surface area contributed by atoms with Gasteiger partial charge in [0.25, 0.3) is 0 Å². The molecular weight excluding hydrogens is 268 g/mol. The zero-order valence-corrected chi connectivity index (χ0v) is 12.3. The van der Waals surface area contributed by atoms with Crippen LogP contribution in [0.1, 0.15) is 0 Å². The Labute approximate surface area is 128 Å². The van der Waals surface area contributed by atoms with Gasteiger partial charge in [0.2, 0.25) is 6.33 Å². The fourth-order valence-electron chi connectivity index (χ4n) is 3.54. The van der Waals surface area contributed by atoms with Crippen molar-refractivity contribution in [3.63, 3.8) is 0 Å². The summed E-state index contributed by atoms with van der Waals surface area (Å²) >= 11 is 0. The molecule has 2 nitrogen and oxygen atoms in total. The van der Waals surface area contributed by atoms with Crippen molar-refractivity contribution in [2.75, 3.05) is 0 Å². The Morgan fingerprint density at radius 1 is 0.773 bits per heavy atom. The van der Waals surface area contributed by atoms with Crippen molar-refractivity contribution < 1.29 is 4.57 Å². The van der Waals surface area contributed by atoms with Crippen LogP contribution >= 0.6 is 0 Å². The van der Waals surface area contributed by atoms with E-state index in [1.165, 1.54) is 38.0 Å². The highest BCUT2D eigenvalue weighted by atomic mass is 15.1. The zero-order chi connectivity index (χ0) is 14.7. The number of aromatic nitrogens is 2. The Morgan fingerprint density at radius 2 is 1.45 bits per heavy atom. The number of aryl methyl sites for hydroxylation is 1. The molecule has 0 saturated heterocycles. The number of hydrogen-bond donors (Lipinski definition) is 0. The minimum absolute atomic E-state index is 1.23. The van der Waals surface area contributed by atoms with Crippen molar-refractivity contribution in [1.29, 1.82) is 0 Å². The van der Waals surface area contributed by atoms with E-state index in [9.17, 15) is 0 Å². The molecular formula is C20H15N2+. The lowest BCUT2D eigenvalue weighted by Gasteiger charge is -2.12. The average Bonchev–Trinajstić information content (AvgIpc) is 2.99. The third-order valence-corrected chi connectivity index (χ3v) is 4.55. The molecule has 0 amide bonds. The van der Waals surface area contributed by atoms with Gasteiger partial charge in [0, 0.05) is 10.8 Å². The molecule has 0 aliphatic rings. The van der Waals surface area contributed by atoms with Crippen molar-refractivity contribution in [2.24, 2.45) is 7.05 Å². The fourth-order valence-corrected chi connectivity index (χ4v) is 3.54. The highest BCUT2D eigenvalue weighted by Gasteiger charge is 2.14. The standard InChI is InChI=1S/C20H15N2/c1-21-11-12-22(13-21)18-10-8-16-6-5-14-3-2-4-15-7-9-17(18)20(16)19(14)15/h2-13H,1H3/q+1. The first-order valence-corrected chi connectivity index (χ1v) is 7.51. The molecule has 5 rings (SSSR count). The smallest absolute Gasteiger partial charge is 0.239 e. The third kappa shape index (κ3) is 1.47. The molecule has 0 spiro atoms. The van der Waals surface area contributed by atoms with Crippen LogP contribution in [0.5, 0.6) is 0 Å². The summed E-state index contributed by atoms with van der Waals surface area (Å²) in [5, 5.41) is 7.97. The van der Waals surface area contributed by atoms with Gasteiger partial charge in [-0.3, -0.25) is 0 Å². The molecule has 22 heavy (non-hydrogen) atoms. The quantitative estimate of drug-likeness (QED) is 0.322. The van der Waals surface area contributed by atoms with E-state index in [0.29, 0.717) is 0 Å². The monoisotopic (exact) mass is 283 g/mol. The van der Waals surface area contributed by atoms with Crippen LogP contribution in [0.3, 0.4) is 0 Å². The highest BCUT2D eigenvalue weighted by Crippen LogP contribution is 2.36. The van der Waals surface area contributed by atoms with E-state index >= 15 is 0 Å². The van der Waals surface area contributed by atoms with Crippen molar-refractivity contribution in [3.8, 4) is 5.69 Å². The van der Waals surface area contributed by atoms with Gasteiger partial charge in [0.1, 0.15) is 18.1 Å². The molecule has 2 heteroatoms. The molecule has 104 valence electrons. The van der Waals surface area contributed by atoms with Gasteiger partial charge in [-0.05, 0) is 33.7 Å². The Bertz CT molecular complexity index is 1120. The lowest BCUT2D eigenvalue weighted by atomic mass is 9.93. The summed E-state index contributed by atoms with van der Waals surface area (Å²) in [5.74, 6) is 0. The zero-order valence-electron chi connectivity index (χ0n) is 12.3. The summed E-state index contributed by atoms with van der Waals surface area (Å²) in [6, 6.07) is 19.9. The molecule has 0 unspecified atom stereocenters. The first-order valence-electron chi connectivity index (χ1n) is 7.51. The lowest BCUT2D eigenvalue weighted by molar-refractivity contribution is -0.670. The molecule has 0 fully saturated rings. The predicted octanol–water partition coefficient (Wildman–Crippen LogP) is 4.20. The van der Waals surface area contributed by atoms with E-state index in [-0.39, 0.29) is 0 Å². The normalized spacial score (nSPS) is 11.9. The third-order valence-electron chi connectivity index (χ3n) is 4.55. The summed E-state index contributed by atoms with van der Waals surface area (Å²) in [4.78, 5) is 0. The van der Waals surface area contributed by atoms with Gasteiger partial charge >= 0.3 is 0 Å². The van der Waals surface area contributed by atoms with Crippen molar-refractivity contribution in [3.05, 3.63) is 73.3 Å². The summed E-state index contributed by atoms with van der Waals surface area (Å²) in [6.07, 6.45) is 6.27. The van der Waals surface area contributed by atoms with Crippen molar-refractivity contribution in [2.45, 2.75) is 0 Å². The van der Waals surface area contributed by atoms with Gasteiger partial charge in [-0.2, -0.15) is 0 Å². The van der Waals surface area contributed by atoms with Crippen molar-refractivity contribution in [1.82, 2.24) is 4.57 Å². The minimum atomic E-state index is 1.23. The fraction of sp³-hybridized carbons (Fsp3) is 0.0500. The minimum Gasteiger partial charge on any atom is -0.239 e. The second kappa shape index (κ2) is 4.08. The predicted molar refractivity (Wildman–Crippen MR) is 90.6 cm³/mol. The van der Waals surface area contributed by atoms with Crippen molar-refractivity contribution >= 4 is 32.3 Å². The van der Waals surface area contributed by atoms with Gasteiger partial charge in [0.05, 0.1) is 7.05 Å². The number of rotatable bonds is 1. The molecule has 4 aromatic carbocycles. The van der Waals surface area contributed by atoms with E-state index in [4.69, 9.17) is 0 Å². The molecule has 0 aliphatic carbocycles. The first kappa shape index (κ1) is 11.8. The van der Waals surface area contributed by atoms with Crippen LogP contribution in [0.25, 0.3) is 38.0 Å². The molecule has 0 radical (unpaired) electrons. The van der Waals surface area contributed by atoms with Crippen LogP contribution in [0.4, 0.5) is 0 Å². The number of hydrogen-bond acceptors (Lipinski definition) is 0. The second-order valence-corrected chi connectivity index (χ2v) is 5.93. The van der Waals surface area contributed by atoms with Crippen LogP contribution in [-0.4, -0.2) is 4.57 Å². The maximum atomic E-state index is 2.25. The van der Waals surface area contributed by atoms with Gasteiger partial charge in [-0.1, -0.05) is 42.5 Å². The Balaban J connectivity index is 2.01. The van der Waals surface area contributed by atoms with Crippen LogP contribution < -0.4 is 4.57 Å². The molecule has 0 saturated carbocycles. The molecule has 1 heterocycles. The average molecular weight is 283 g/mol. The van der Waals surface area contributed by atoms with Crippen LogP contribution in [-0.2, 0) is 7.05 Å². The summed E-state index contributed by atoms with van der Waals surface area (Å²) in [6.45, 7) is 0. The van der Waals surface area contributed by atoms with E-state index < -0.39 is 0 Å². The van der Waals surface area contributed by atoms with Gasteiger partial charge in [-0.15, -0.1) is 0 Å². The van der Waals surface area contributed by atoms with E-state index in [0.717, 1.165) is 0 Å². The number of imidazole rings is 1. The molecule has 0 bridgehead atoms. The van der Waals surface area contributed by atoms with Gasteiger partial charge in [-0.25, -0.2) is 9.13 Å². The Hall–Kier alpha value is -2.87. The summed E-state index contributed by atoms with van der Waals surface area (Å²) in [5.41, 5.74) is 1.23. The van der Waals surface area contributed by atoms with E-state index in [1.807, 2.05) is 7.05 Å². The largest absolute Gasteiger partial charge is 0.248 e. The molecule has 0 atom stereocenters. The Kier molecular flexibility index (Phi) is 2.18. The Morgan fingerprint density at radius 3 is 2.18 bits per heavy atom. The molecule has 0 aliphatic heterocycles. The molecule has 0 N–H and O–H groups in total. The second-order valence-electron chi connectivity index (χ2n) is 5.93. The van der Waals surface area contributed by atoms with Gasteiger partial charge in [0.15, 0.2) is 0 Å². The number of benzene rings is 4. The molecule has 5 aromatic rings. The van der Waals surface area contributed by atoms with E-state index in [2.05, 4.69) is 82.5 Å². The maximum Gasteiger partial charge on any atom is 0.248 e. The van der Waals surface area contributed by atoms with Crippen LogP contribution in [0, 0.1) is 0 Å². The summed E-state index contributed by atoms with van der Waals surface area (Å²) in [7, 11) is 2.05.